The van der Waals surface area contributed by atoms with Crippen molar-refractivity contribution in [3.63, 3.8) is 0 Å². The number of ether oxygens (including phenoxy) is 1. The third kappa shape index (κ3) is 2.46. The third-order valence-electron chi connectivity index (χ3n) is 3.70. The minimum absolute atomic E-state index is 0.0777. The molecule has 2 aromatic carbocycles. The Labute approximate surface area is 146 Å². The number of benzene rings is 2. The summed E-state index contributed by atoms with van der Waals surface area (Å²) in [6.07, 6.45) is 1.81. The van der Waals surface area contributed by atoms with E-state index in [4.69, 9.17) is 16.3 Å². The largest absolute Gasteiger partial charge is 0.493 e. The average Bonchev–Trinajstić information content (AvgIpc) is 3.07. The van der Waals surface area contributed by atoms with Crippen LogP contribution in [0.1, 0.15) is 12.5 Å². The van der Waals surface area contributed by atoms with Crippen molar-refractivity contribution in [1.82, 2.24) is 9.38 Å². The lowest BCUT2D eigenvalue weighted by Crippen LogP contribution is -2.22. The van der Waals surface area contributed by atoms with E-state index in [2.05, 4.69) is 4.98 Å². The molecule has 4 nitrogen and oxygen atoms in total. The van der Waals surface area contributed by atoms with Crippen molar-refractivity contribution in [2.75, 3.05) is 6.61 Å². The molecule has 24 heavy (non-hydrogen) atoms. The summed E-state index contributed by atoms with van der Waals surface area (Å²) in [7, 11) is 0. The lowest BCUT2D eigenvalue weighted by molar-refractivity contribution is 0.339. The third-order valence-corrected chi connectivity index (χ3v) is 4.91. The minimum Gasteiger partial charge on any atom is -0.493 e. The molecule has 0 saturated heterocycles. The van der Waals surface area contributed by atoms with Gasteiger partial charge in [0.25, 0.3) is 5.56 Å². The molecule has 6 heteroatoms. The van der Waals surface area contributed by atoms with Gasteiger partial charge in [-0.2, -0.15) is 0 Å². The van der Waals surface area contributed by atoms with Crippen molar-refractivity contribution in [3.8, 4) is 5.75 Å². The summed E-state index contributed by atoms with van der Waals surface area (Å²) in [5, 5.41) is 0.601. The summed E-state index contributed by atoms with van der Waals surface area (Å²) in [5.74, 6) is 0.706. The molecular weight excluding hydrogens is 344 g/mol. The van der Waals surface area contributed by atoms with Crippen LogP contribution in [0.4, 0.5) is 0 Å². The Kier molecular flexibility index (Phi) is 3.75. The van der Waals surface area contributed by atoms with Gasteiger partial charge in [-0.3, -0.25) is 4.79 Å². The number of hydrogen-bond donors (Lipinski definition) is 0. The fraction of sp³-hybridized carbons (Fsp3) is 0.111. The second-order valence-electron chi connectivity index (χ2n) is 5.25. The number of halogens is 1. The maximum atomic E-state index is 12.8. The molecule has 2 heterocycles. The van der Waals surface area contributed by atoms with Gasteiger partial charge in [-0.25, -0.2) is 9.38 Å². The molecule has 120 valence electrons. The average molecular weight is 357 g/mol. The fourth-order valence-corrected chi connectivity index (χ4v) is 3.83. The molecule has 0 unspecified atom stereocenters. The first-order chi connectivity index (χ1) is 11.7. The highest BCUT2D eigenvalue weighted by atomic mass is 35.5. The van der Waals surface area contributed by atoms with E-state index in [1.54, 1.807) is 16.5 Å². The van der Waals surface area contributed by atoms with Gasteiger partial charge in [0, 0.05) is 10.6 Å². The predicted molar refractivity (Wildman–Crippen MR) is 98.3 cm³/mol. The number of imidazole rings is 1. The van der Waals surface area contributed by atoms with Crippen LogP contribution in [-0.4, -0.2) is 16.0 Å². The van der Waals surface area contributed by atoms with Crippen LogP contribution < -0.4 is 14.8 Å². The Morgan fingerprint density at radius 3 is 2.96 bits per heavy atom. The van der Waals surface area contributed by atoms with Crippen LogP contribution >= 0.6 is 22.9 Å². The zero-order valence-corrected chi connectivity index (χ0v) is 14.4. The summed E-state index contributed by atoms with van der Waals surface area (Å²) < 4.78 is 7.87. The fourth-order valence-electron chi connectivity index (χ4n) is 2.67. The summed E-state index contributed by atoms with van der Waals surface area (Å²) in [4.78, 5) is 18.0. The van der Waals surface area contributed by atoms with Crippen molar-refractivity contribution in [2.24, 2.45) is 0 Å². The minimum atomic E-state index is -0.0777. The van der Waals surface area contributed by atoms with Gasteiger partial charge in [0.15, 0.2) is 4.96 Å². The van der Waals surface area contributed by atoms with E-state index in [1.807, 2.05) is 43.3 Å². The maximum absolute atomic E-state index is 12.8. The molecule has 0 atom stereocenters. The Morgan fingerprint density at radius 2 is 2.12 bits per heavy atom. The number of para-hydroxylation sites is 2. The van der Waals surface area contributed by atoms with E-state index in [1.165, 1.54) is 11.3 Å². The Bertz CT molecular complexity index is 1160. The molecule has 0 aliphatic carbocycles. The Hall–Kier alpha value is -2.37. The van der Waals surface area contributed by atoms with E-state index in [-0.39, 0.29) is 5.56 Å². The molecule has 0 aliphatic rings. The van der Waals surface area contributed by atoms with E-state index in [0.29, 0.717) is 26.9 Å². The number of rotatable bonds is 3. The Morgan fingerprint density at radius 1 is 1.29 bits per heavy atom. The molecule has 0 radical (unpaired) electrons. The van der Waals surface area contributed by atoms with Crippen molar-refractivity contribution in [2.45, 2.75) is 6.92 Å². The SMILES string of the molecule is CCOc1ccc(Cl)cc1C=c1sc2nc3ccccc3n2c1=O. The Balaban J connectivity index is 1.97. The molecule has 0 saturated carbocycles. The number of thiazole rings is 1. The molecule has 0 N–H and O–H groups in total. The van der Waals surface area contributed by atoms with Crippen molar-refractivity contribution >= 4 is 45.0 Å². The highest BCUT2D eigenvalue weighted by Crippen LogP contribution is 2.24. The zero-order valence-electron chi connectivity index (χ0n) is 12.8. The molecular formula is C18H13ClN2O2S. The number of hydrogen-bond acceptors (Lipinski definition) is 4. The van der Waals surface area contributed by atoms with Crippen molar-refractivity contribution in [3.05, 3.63) is 67.9 Å². The van der Waals surface area contributed by atoms with Crippen LogP contribution in [0, 0.1) is 0 Å². The first kappa shape index (κ1) is 15.2. The topological polar surface area (TPSA) is 43.6 Å². The number of nitrogens with zero attached hydrogens (tertiary/aromatic N) is 2. The molecule has 0 bridgehead atoms. The molecule has 4 rings (SSSR count). The van der Waals surface area contributed by atoms with Crippen LogP contribution in [0.2, 0.25) is 5.02 Å². The molecule has 0 spiro atoms. The van der Waals surface area contributed by atoms with Crippen LogP contribution in [-0.2, 0) is 0 Å². The van der Waals surface area contributed by atoms with Gasteiger partial charge in [0.05, 0.1) is 22.2 Å². The summed E-state index contributed by atoms with van der Waals surface area (Å²) in [6, 6.07) is 13.0. The highest BCUT2D eigenvalue weighted by Gasteiger charge is 2.11. The lowest BCUT2D eigenvalue weighted by Gasteiger charge is -2.06. The monoisotopic (exact) mass is 356 g/mol. The first-order valence-corrected chi connectivity index (χ1v) is 8.71. The van der Waals surface area contributed by atoms with Crippen molar-refractivity contribution < 1.29 is 4.74 Å². The van der Waals surface area contributed by atoms with Gasteiger partial charge in [-0.15, -0.1) is 0 Å². The quantitative estimate of drug-likeness (QED) is 0.564. The first-order valence-electron chi connectivity index (χ1n) is 7.51. The predicted octanol–water partition coefficient (Wildman–Crippen LogP) is 3.51. The number of aromatic nitrogens is 2. The van der Waals surface area contributed by atoms with Crippen LogP contribution in [0.25, 0.3) is 22.1 Å². The zero-order chi connectivity index (χ0) is 16.7. The molecule has 4 aromatic rings. The molecule has 0 aliphatic heterocycles. The molecule has 0 amide bonds. The van der Waals surface area contributed by atoms with Gasteiger partial charge < -0.3 is 4.74 Å². The second-order valence-corrected chi connectivity index (χ2v) is 6.70. The van der Waals surface area contributed by atoms with Gasteiger partial charge in [0.1, 0.15) is 5.75 Å². The maximum Gasteiger partial charge on any atom is 0.274 e. The summed E-state index contributed by atoms with van der Waals surface area (Å²) in [6.45, 7) is 2.47. The van der Waals surface area contributed by atoms with Gasteiger partial charge in [0.2, 0.25) is 0 Å². The van der Waals surface area contributed by atoms with Crippen LogP contribution in [0.3, 0.4) is 0 Å². The van der Waals surface area contributed by atoms with E-state index in [9.17, 15) is 4.79 Å². The van der Waals surface area contributed by atoms with E-state index >= 15 is 0 Å². The molecule has 0 fully saturated rings. The van der Waals surface area contributed by atoms with E-state index < -0.39 is 0 Å². The summed E-state index contributed by atoms with van der Waals surface area (Å²) >= 11 is 7.45. The summed E-state index contributed by atoms with van der Waals surface area (Å²) in [5.41, 5.74) is 2.36. The highest BCUT2D eigenvalue weighted by molar-refractivity contribution is 7.15. The lowest BCUT2D eigenvalue weighted by atomic mass is 10.2. The smallest absolute Gasteiger partial charge is 0.274 e. The van der Waals surface area contributed by atoms with E-state index in [0.717, 1.165) is 16.6 Å². The van der Waals surface area contributed by atoms with Gasteiger partial charge >= 0.3 is 0 Å². The molecule has 2 aromatic heterocycles. The standard InChI is InChI=1S/C18H13ClN2O2S/c1-2-23-15-8-7-12(19)9-11(15)10-16-17(22)21-14-6-4-3-5-13(14)20-18(21)24-16/h3-10H,2H2,1H3. The normalized spacial score (nSPS) is 12.3. The number of fused-ring (bicyclic) bond motifs is 3. The van der Waals surface area contributed by atoms with Crippen molar-refractivity contribution in [1.29, 1.82) is 0 Å². The van der Waals surface area contributed by atoms with Crippen LogP contribution in [0.5, 0.6) is 5.75 Å². The second kappa shape index (κ2) is 5.92. The van der Waals surface area contributed by atoms with Crippen LogP contribution in [0.15, 0.2) is 47.3 Å². The van der Waals surface area contributed by atoms with Gasteiger partial charge in [-0.05, 0) is 43.3 Å². The van der Waals surface area contributed by atoms with Gasteiger partial charge in [-0.1, -0.05) is 35.1 Å².